The molecule has 1 heterocycles. The van der Waals surface area contributed by atoms with E-state index in [4.69, 9.17) is 0 Å². The van der Waals surface area contributed by atoms with E-state index in [0.29, 0.717) is 10.5 Å². The van der Waals surface area contributed by atoms with Gasteiger partial charge in [0.25, 0.3) is 5.56 Å². The van der Waals surface area contributed by atoms with Crippen LogP contribution in [-0.2, 0) is 7.05 Å². The fourth-order valence-corrected chi connectivity index (χ4v) is 2.73. The zero-order valence-electron chi connectivity index (χ0n) is 10.1. The van der Waals surface area contributed by atoms with E-state index in [1.807, 2.05) is 0 Å². The highest BCUT2D eigenvalue weighted by atomic mass is 79.9. The van der Waals surface area contributed by atoms with E-state index < -0.39 is 0 Å². The van der Waals surface area contributed by atoms with Gasteiger partial charge in [-0.2, -0.15) is 5.10 Å². The molecule has 17 heavy (non-hydrogen) atoms. The molecule has 1 saturated carbocycles. The van der Waals surface area contributed by atoms with Crippen molar-refractivity contribution in [2.75, 3.05) is 5.32 Å². The molecule has 0 amide bonds. The molecule has 0 atom stereocenters. The van der Waals surface area contributed by atoms with Crippen LogP contribution in [0.25, 0.3) is 0 Å². The Morgan fingerprint density at radius 3 is 2.65 bits per heavy atom. The van der Waals surface area contributed by atoms with E-state index in [9.17, 15) is 4.79 Å². The van der Waals surface area contributed by atoms with Gasteiger partial charge in [0, 0.05) is 13.1 Å². The van der Waals surface area contributed by atoms with Crippen molar-refractivity contribution in [3.8, 4) is 0 Å². The normalized spacial score (nSPS) is 17.8. The number of hydrogen-bond acceptors (Lipinski definition) is 3. The third-order valence-corrected chi connectivity index (χ3v) is 4.06. The fourth-order valence-electron chi connectivity index (χ4n) is 2.25. The number of nitrogens with one attached hydrogen (secondary N) is 1. The van der Waals surface area contributed by atoms with Crippen LogP contribution in [0.4, 0.5) is 5.69 Å². The molecule has 94 valence electrons. The van der Waals surface area contributed by atoms with Crippen LogP contribution in [0.5, 0.6) is 0 Å². The third-order valence-electron chi connectivity index (χ3n) is 3.29. The molecule has 1 fully saturated rings. The van der Waals surface area contributed by atoms with Crippen molar-refractivity contribution >= 4 is 21.6 Å². The lowest BCUT2D eigenvalue weighted by molar-refractivity contribution is 0.616. The number of hydrogen-bond donors (Lipinski definition) is 1. The Morgan fingerprint density at radius 2 is 2.00 bits per heavy atom. The zero-order valence-corrected chi connectivity index (χ0v) is 11.7. The average Bonchev–Trinajstić information content (AvgIpc) is 2.59. The van der Waals surface area contributed by atoms with Crippen LogP contribution >= 0.6 is 15.9 Å². The molecule has 1 aromatic rings. The van der Waals surface area contributed by atoms with Crippen molar-refractivity contribution in [1.29, 1.82) is 0 Å². The van der Waals surface area contributed by atoms with Crippen molar-refractivity contribution in [2.24, 2.45) is 7.05 Å². The molecule has 2 rings (SSSR count). The number of halogens is 1. The van der Waals surface area contributed by atoms with Gasteiger partial charge in [-0.3, -0.25) is 4.79 Å². The van der Waals surface area contributed by atoms with Crippen LogP contribution in [0.15, 0.2) is 15.5 Å². The second-order valence-electron chi connectivity index (χ2n) is 4.63. The predicted octanol–water partition coefficient (Wildman–Crippen LogP) is 2.68. The lowest BCUT2D eigenvalue weighted by Crippen LogP contribution is -2.24. The summed E-state index contributed by atoms with van der Waals surface area (Å²) >= 11 is 3.34. The van der Waals surface area contributed by atoms with Gasteiger partial charge < -0.3 is 5.32 Å². The Kier molecular flexibility index (Phi) is 4.20. The first-order valence-electron chi connectivity index (χ1n) is 6.17. The lowest BCUT2D eigenvalue weighted by atomic mass is 10.1. The summed E-state index contributed by atoms with van der Waals surface area (Å²) in [5.74, 6) is 0. The Hall–Kier alpha value is -0.840. The molecule has 1 aromatic heterocycles. The van der Waals surface area contributed by atoms with Crippen LogP contribution in [0, 0.1) is 0 Å². The molecule has 0 spiro atoms. The lowest BCUT2D eigenvalue weighted by Gasteiger charge is -2.18. The summed E-state index contributed by atoms with van der Waals surface area (Å²) in [6.07, 6.45) is 9.28. The van der Waals surface area contributed by atoms with Crippen molar-refractivity contribution < 1.29 is 0 Å². The number of anilines is 1. The van der Waals surface area contributed by atoms with E-state index in [0.717, 1.165) is 5.69 Å². The minimum atomic E-state index is -0.0939. The van der Waals surface area contributed by atoms with Gasteiger partial charge in [0.15, 0.2) is 0 Å². The first-order chi connectivity index (χ1) is 8.18. The van der Waals surface area contributed by atoms with Crippen molar-refractivity contribution in [1.82, 2.24) is 9.78 Å². The standard InChI is InChI=1S/C12H18BrN3O/c1-16-12(17)11(13)10(8-14-16)15-9-6-4-2-3-5-7-9/h8-9,15H,2-7H2,1H3. The van der Waals surface area contributed by atoms with Gasteiger partial charge in [-0.05, 0) is 28.8 Å². The maximum absolute atomic E-state index is 11.7. The van der Waals surface area contributed by atoms with E-state index in [1.54, 1.807) is 13.2 Å². The molecular weight excluding hydrogens is 282 g/mol. The molecule has 0 unspecified atom stereocenters. The zero-order chi connectivity index (χ0) is 12.3. The molecule has 1 aliphatic rings. The summed E-state index contributed by atoms with van der Waals surface area (Å²) in [6.45, 7) is 0. The van der Waals surface area contributed by atoms with Crippen LogP contribution in [0.1, 0.15) is 38.5 Å². The molecule has 4 nitrogen and oxygen atoms in total. The van der Waals surface area contributed by atoms with Crippen molar-refractivity contribution in [3.63, 3.8) is 0 Å². The van der Waals surface area contributed by atoms with E-state index in [2.05, 4.69) is 26.3 Å². The van der Waals surface area contributed by atoms with Crippen LogP contribution < -0.4 is 10.9 Å². The summed E-state index contributed by atoms with van der Waals surface area (Å²) in [7, 11) is 1.66. The summed E-state index contributed by atoms with van der Waals surface area (Å²) in [6, 6.07) is 0.475. The summed E-state index contributed by atoms with van der Waals surface area (Å²) in [5, 5.41) is 7.47. The number of rotatable bonds is 2. The Balaban J connectivity index is 2.12. The van der Waals surface area contributed by atoms with Crippen molar-refractivity contribution in [2.45, 2.75) is 44.6 Å². The van der Waals surface area contributed by atoms with Crippen molar-refractivity contribution in [3.05, 3.63) is 21.0 Å². The smallest absolute Gasteiger partial charge is 0.282 e. The highest BCUT2D eigenvalue weighted by Gasteiger charge is 2.14. The Labute approximate surface area is 110 Å². The number of aryl methyl sites for hydroxylation is 1. The number of aromatic nitrogens is 2. The van der Waals surface area contributed by atoms with E-state index in [1.165, 1.54) is 43.2 Å². The molecule has 0 aliphatic heterocycles. The largest absolute Gasteiger partial charge is 0.380 e. The number of nitrogens with zero attached hydrogens (tertiary/aromatic N) is 2. The van der Waals surface area contributed by atoms with Crippen LogP contribution in [0.2, 0.25) is 0 Å². The topological polar surface area (TPSA) is 46.9 Å². The second kappa shape index (κ2) is 5.67. The fraction of sp³-hybridized carbons (Fsp3) is 0.667. The van der Waals surface area contributed by atoms with Crippen LogP contribution in [0.3, 0.4) is 0 Å². The van der Waals surface area contributed by atoms with Gasteiger partial charge in [0.2, 0.25) is 0 Å². The summed E-state index contributed by atoms with van der Waals surface area (Å²) < 4.78 is 1.92. The molecule has 0 bridgehead atoms. The van der Waals surface area contributed by atoms with Gasteiger partial charge in [-0.1, -0.05) is 25.7 Å². The van der Waals surface area contributed by atoms with Gasteiger partial charge in [0.1, 0.15) is 4.47 Å². The minimum Gasteiger partial charge on any atom is -0.380 e. The first kappa shape index (κ1) is 12.6. The Morgan fingerprint density at radius 1 is 1.35 bits per heavy atom. The highest BCUT2D eigenvalue weighted by Crippen LogP contribution is 2.23. The highest BCUT2D eigenvalue weighted by molar-refractivity contribution is 9.10. The van der Waals surface area contributed by atoms with Gasteiger partial charge >= 0.3 is 0 Å². The van der Waals surface area contributed by atoms with E-state index in [-0.39, 0.29) is 5.56 Å². The molecule has 1 aliphatic carbocycles. The minimum absolute atomic E-state index is 0.0939. The monoisotopic (exact) mass is 299 g/mol. The molecule has 1 N–H and O–H groups in total. The summed E-state index contributed by atoms with van der Waals surface area (Å²) in [5.41, 5.74) is 0.726. The molecule has 5 heteroatoms. The Bertz CT molecular complexity index is 436. The molecular formula is C12H18BrN3O. The maximum atomic E-state index is 11.7. The van der Waals surface area contributed by atoms with Gasteiger partial charge in [0.05, 0.1) is 11.9 Å². The SMILES string of the molecule is Cn1ncc(NC2CCCCCC2)c(Br)c1=O. The quantitative estimate of drug-likeness (QED) is 0.854. The van der Waals surface area contributed by atoms with Crippen LogP contribution in [-0.4, -0.2) is 15.8 Å². The molecule has 0 saturated heterocycles. The first-order valence-corrected chi connectivity index (χ1v) is 6.96. The predicted molar refractivity (Wildman–Crippen MR) is 72.3 cm³/mol. The van der Waals surface area contributed by atoms with Gasteiger partial charge in [-0.15, -0.1) is 0 Å². The second-order valence-corrected chi connectivity index (χ2v) is 5.43. The molecule has 0 aromatic carbocycles. The summed E-state index contributed by atoms with van der Waals surface area (Å²) in [4.78, 5) is 11.7. The van der Waals surface area contributed by atoms with Gasteiger partial charge in [-0.25, -0.2) is 4.68 Å². The average molecular weight is 300 g/mol. The maximum Gasteiger partial charge on any atom is 0.282 e. The van der Waals surface area contributed by atoms with E-state index >= 15 is 0 Å². The third kappa shape index (κ3) is 3.09. The molecule has 0 radical (unpaired) electrons.